The van der Waals surface area contributed by atoms with Crippen LogP contribution in [0.4, 0.5) is 0 Å². The molecule has 1 aliphatic heterocycles. The highest BCUT2D eigenvalue weighted by atomic mass is 16.2. The highest BCUT2D eigenvalue weighted by molar-refractivity contribution is 5.90. The van der Waals surface area contributed by atoms with E-state index >= 15 is 0 Å². The third-order valence-corrected chi connectivity index (χ3v) is 3.89. The van der Waals surface area contributed by atoms with Gasteiger partial charge in [0.15, 0.2) is 0 Å². The molecule has 2 fully saturated rings. The van der Waals surface area contributed by atoms with Crippen LogP contribution in [0.15, 0.2) is 0 Å². The Morgan fingerprint density at radius 1 is 1.44 bits per heavy atom. The third kappa shape index (κ3) is 2.20. The second-order valence-electron chi connectivity index (χ2n) is 5.60. The molecule has 1 saturated carbocycles. The molecule has 0 aromatic rings. The molecule has 2 N–H and O–H groups in total. The van der Waals surface area contributed by atoms with Crippen molar-refractivity contribution in [2.24, 2.45) is 5.41 Å². The van der Waals surface area contributed by atoms with Crippen LogP contribution in [0, 0.1) is 5.41 Å². The predicted octanol–water partition coefficient (Wildman–Crippen LogP) is 0.960. The highest BCUT2D eigenvalue weighted by Crippen LogP contribution is 2.37. The molecular formula is C12H20N2O2. The van der Waals surface area contributed by atoms with Gasteiger partial charge in [-0.15, -0.1) is 0 Å². The monoisotopic (exact) mass is 224 g/mol. The lowest BCUT2D eigenvalue weighted by molar-refractivity contribution is -0.126. The molecule has 1 heterocycles. The maximum atomic E-state index is 11.9. The summed E-state index contributed by atoms with van der Waals surface area (Å²) in [6.07, 6.45) is 4.51. The number of amides is 2. The fourth-order valence-electron chi connectivity index (χ4n) is 2.68. The molecule has 4 nitrogen and oxygen atoms in total. The van der Waals surface area contributed by atoms with E-state index in [0.29, 0.717) is 12.8 Å². The summed E-state index contributed by atoms with van der Waals surface area (Å²) in [5.74, 6) is -0.0170. The summed E-state index contributed by atoms with van der Waals surface area (Å²) < 4.78 is 0. The van der Waals surface area contributed by atoms with Gasteiger partial charge in [0, 0.05) is 12.5 Å². The van der Waals surface area contributed by atoms with Crippen LogP contribution in [-0.4, -0.2) is 23.9 Å². The normalized spacial score (nSPS) is 32.5. The standard InChI is InChI=1S/C12H20N2O2/c1-12(2)7-3-4-9(12)14-11(16)8-5-6-10(15)13-8/h8-9H,3-7H2,1-2H3,(H,13,15)(H,14,16)/t8-,9?/m1/s1. The minimum absolute atomic E-state index is 0.00849. The fraction of sp³-hybridized carbons (Fsp3) is 0.833. The van der Waals surface area contributed by atoms with Crippen LogP contribution in [-0.2, 0) is 9.59 Å². The average molecular weight is 224 g/mol. The quantitative estimate of drug-likeness (QED) is 0.734. The number of nitrogens with one attached hydrogen (secondary N) is 2. The van der Waals surface area contributed by atoms with E-state index in [1.165, 1.54) is 6.42 Å². The molecule has 2 aliphatic rings. The van der Waals surface area contributed by atoms with E-state index < -0.39 is 0 Å². The fourth-order valence-corrected chi connectivity index (χ4v) is 2.68. The predicted molar refractivity (Wildman–Crippen MR) is 60.7 cm³/mol. The van der Waals surface area contributed by atoms with E-state index in [4.69, 9.17) is 0 Å². The summed E-state index contributed by atoms with van der Waals surface area (Å²) in [5.41, 5.74) is 0.193. The van der Waals surface area contributed by atoms with Crippen molar-refractivity contribution in [3.05, 3.63) is 0 Å². The molecule has 0 radical (unpaired) electrons. The maximum Gasteiger partial charge on any atom is 0.242 e. The summed E-state index contributed by atoms with van der Waals surface area (Å²) in [5, 5.41) is 5.78. The Hall–Kier alpha value is -1.06. The van der Waals surface area contributed by atoms with E-state index in [-0.39, 0.29) is 29.3 Å². The van der Waals surface area contributed by atoms with Gasteiger partial charge in [0.1, 0.15) is 6.04 Å². The minimum Gasteiger partial charge on any atom is -0.351 e. The molecule has 2 amide bonds. The lowest BCUT2D eigenvalue weighted by Gasteiger charge is -2.28. The second-order valence-corrected chi connectivity index (χ2v) is 5.60. The largest absolute Gasteiger partial charge is 0.351 e. The highest BCUT2D eigenvalue weighted by Gasteiger charge is 2.37. The SMILES string of the molecule is CC1(C)CCCC1NC(=O)[C@H]1CCC(=O)N1. The van der Waals surface area contributed by atoms with Crippen LogP contribution in [0.25, 0.3) is 0 Å². The Labute approximate surface area is 96.2 Å². The van der Waals surface area contributed by atoms with Crippen LogP contribution in [0.5, 0.6) is 0 Å². The van der Waals surface area contributed by atoms with Gasteiger partial charge in [-0.25, -0.2) is 0 Å². The van der Waals surface area contributed by atoms with Gasteiger partial charge in [0.25, 0.3) is 0 Å². The Kier molecular flexibility index (Phi) is 2.91. The first kappa shape index (κ1) is 11.4. The van der Waals surface area contributed by atoms with Gasteiger partial charge in [-0.05, 0) is 24.7 Å². The Balaban J connectivity index is 1.90. The zero-order chi connectivity index (χ0) is 11.8. The summed E-state index contributed by atoms with van der Waals surface area (Å²) >= 11 is 0. The summed E-state index contributed by atoms with van der Waals surface area (Å²) in [6.45, 7) is 4.39. The van der Waals surface area contributed by atoms with Crippen molar-refractivity contribution < 1.29 is 9.59 Å². The molecule has 1 saturated heterocycles. The van der Waals surface area contributed by atoms with Crippen LogP contribution >= 0.6 is 0 Å². The topological polar surface area (TPSA) is 58.2 Å². The van der Waals surface area contributed by atoms with E-state index in [2.05, 4.69) is 24.5 Å². The third-order valence-electron chi connectivity index (χ3n) is 3.89. The molecule has 4 heteroatoms. The number of carbonyl (C=O) groups excluding carboxylic acids is 2. The molecule has 0 bridgehead atoms. The average Bonchev–Trinajstić information content (AvgIpc) is 2.74. The van der Waals surface area contributed by atoms with E-state index in [9.17, 15) is 9.59 Å². The second kappa shape index (κ2) is 4.07. The number of carbonyl (C=O) groups is 2. The lowest BCUT2D eigenvalue weighted by Crippen LogP contribution is -2.49. The van der Waals surface area contributed by atoms with Crippen LogP contribution in [0.1, 0.15) is 46.0 Å². The molecule has 16 heavy (non-hydrogen) atoms. The molecule has 90 valence electrons. The van der Waals surface area contributed by atoms with Gasteiger partial charge < -0.3 is 10.6 Å². The molecule has 1 unspecified atom stereocenters. The molecule has 0 aromatic heterocycles. The van der Waals surface area contributed by atoms with E-state index in [1.807, 2.05) is 0 Å². The molecule has 0 aromatic carbocycles. The minimum atomic E-state index is -0.302. The Morgan fingerprint density at radius 2 is 2.19 bits per heavy atom. The number of rotatable bonds is 2. The van der Waals surface area contributed by atoms with E-state index in [1.54, 1.807) is 0 Å². The zero-order valence-electron chi connectivity index (χ0n) is 10.0. The molecule has 1 aliphatic carbocycles. The first-order valence-electron chi connectivity index (χ1n) is 6.09. The lowest BCUT2D eigenvalue weighted by atomic mass is 9.87. The van der Waals surface area contributed by atoms with Crippen molar-refractivity contribution in [2.45, 2.75) is 58.0 Å². The van der Waals surface area contributed by atoms with Gasteiger partial charge in [-0.1, -0.05) is 20.3 Å². The Morgan fingerprint density at radius 3 is 2.69 bits per heavy atom. The summed E-state index contributed by atoms with van der Waals surface area (Å²) in [6, 6.07) is -0.0404. The van der Waals surface area contributed by atoms with Crippen molar-refractivity contribution in [2.75, 3.05) is 0 Å². The van der Waals surface area contributed by atoms with Crippen molar-refractivity contribution in [3.63, 3.8) is 0 Å². The molecule has 0 spiro atoms. The van der Waals surface area contributed by atoms with E-state index in [0.717, 1.165) is 12.8 Å². The summed E-state index contributed by atoms with van der Waals surface area (Å²) in [7, 11) is 0. The van der Waals surface area contributed by atoms with Crippen LogP contribution < -0.4 is 10.6 Å². The van der Waals surface area contributed by atoms with Crippen LogP contribution in [0.3, 0.4) is 0 Å². The first-order valence-corrected chi connectivity index (χ1v) is 6.09. The van der Waals surface area contributed by atoms with Gasteiger partial charge in [0.2, 0.25) is 11.8 Å². The van der Waals surface area contributed by atoms with Crippen molar-refractivity contribution >= 4 is 11.8 Å². The number of hydrogen-bond acceptors (Lipinski definition) is 2. The molecule has 2 atom stereocenters. The van der Waals surface area contributed by atoms with Gasteiger partial charge in [-0.3, -0.25) is 9.59 Å². The smallest absolute Gasteiger partial charge is 0.242 e. The van der Waals surface area contributed by atoms with Crippen LogP contribution in [0.2, 0.25) is 0 Å². The van der Waals surface area contributed by atoms with Gasteiger partial charge in [-0.2, -0.15) is 0 Å². The molecule has 2 rings (SSSR count). The molecular weight excluding hydrogens is 204 g/mol. The van der Waals surface area contributed by atoms with Gasteiger partial charge in [0.05, 0.1) is 0 Å². The van der Waals surface area contributed by atoms with Crippen molar-refractivity contribution in [1.82, 2.24) is 10.6 Å². The number of hydrogen-bond donors (Lipinski definition) is 2. The summed E-state index contributed by atoms with van der Waals surface area (Å²) in [4.78, 5) is 22.9. The maximum absolute atomic E-state index is 11.9. The first-order chi connectivity index (χ1) is 7.49. The van der Waals surface area contributed by atoms with Crippen molar-refractivity contribution in [1.29, 1.82) is 0 Å². The Bertz CT molecular complexity index is 312. The van der Waals surface area contributed by atoms with Crippen molar-refractivity contribution in [3.8, 4) is 0 Å². The zero-order valence-corrected chi connectivity index (χ0v) is 10.0. The van der Waals surface area contributed by atoms with Gasteiger partial charge >= 0.3 is 0 Å².